The first-order valence-corrected chi connectivity index (χ1v) is 21.2. The molecule has 0 aromatic rings. The smallest absolute Gasteiger partial charge is 0.472 e. The van der Waals surface area contributed by atoms with Gasteiger partial charge in [0.05, 0.1) is 13.2 Å². The number of carboxylic acid groups (broad SMARTS) is 1. The van der Waals surface area contributed by atoms with E-state index in [1.165, 1.54) is 25.7 Å². The molecule has 1 unspecified atom stereocenters. The minimum Gasteiger partial charge on any atom is -0.480 e. The van der Waals surface area contributed by atoms with Gasteiger partial charge in [-0.05, 0) is 70.6 Å². The van der Waals surface area contributed by atoms with Gasteiger partial charge < -0.3 is 25.2 Å². The lowest BCUT2D eigenvalue weighted by atomic mass is 10.1. The quantitative estimate of drug-likeness (QED) is 0.0241. The molecular weight excluding hydrogens is 685 g/mol. The second-order valence-corrected chi connectivity index (χ2v) is 14.5. The highest BCUT2D eigenvalue weighted by molar-refractivity contribution is 7.47. The van der Waals surface area contributed by atoms with Crippen LogP contribution in [0.5, 0.6) is 0 Å². The van der Waals surface area contributed by atoms with Crippen LogP contribution in [0.15, 0.2) is 48.6 Å². The van der Waals surface area contributed by atoms with E-state index in [1.807, 2.05) is 0 Å². The Labute approximate surface area is 314 Å². The summed E-state index contributed by atoms with van der Waals surface area (Å²) in [7, 11) is -4.72. The van der Waals surface area contributed by atoms with Crippen LogP contribution in [-0.4, -0.2) is 59.9 Å². The maximum Gasteiger partial charge on any atom is 0.472 e. The third-order valence-corrected chi connectivity index (χ3v) is 9.01. The van der Waals surface area contributed by atoms with Crippen molar-refractivity contribution in [1.82, 2.24) is 0 Å². The van der Waals surface area contributed by atoms with Crippen molar-refractivity contribution in [2.24, 2.45) is 5.73 Å². The van der Waals surface area contributed by atoms with E-state index >= 15 is 0 Å². The van der Waals surface area contributed by atoms with E-state index in [4.69, 9.17) is 24.8 Å². The summed E-state index contributed by atoms with van der Waals surface area (Å²) < 4.78 is 32.6. The summed E-state index contributed by atoms with van der Waals surface area (Å²) in [5.74, 6) is -2.42. The average molecular weight is 756 g/mol. The zero-order valence-corrected chi connectivity index (χ0v) is 33.0. The lowest BCUT2D eigenvalue weighted by Crippen LogP contribution is -2.34. The second-order valence-electron chi connectivity index (χ2n) is 13.0. The van der Waals surface area contributed by atoms with Crippen molar-refractivity contribution in [1.29, 1.82) is 0 Å². The SMILES string of the molecule is CC/C=C\C/C=C\C/C=C\CCCCCCCC(=O)OC[C@H](COP(=O)(O)OC[C@H](N)C(=O)O)OC(=O)CCCCCCC/C=C\CCCCCC. The first kappa shape index (κ1) is 49.4. The van der Waals surface area contributed by atoms with Gasteiger partial charge in [-0.2, -0.15) is 0 Å². The number of rotatable bonds is 36. The summed E-state index contributed by atoms with van der Waals surface area (Å²) in [5.41, 5.74) is 5.32. The van der Waals surface area contributed by atoms with E-state index in [2.05, 4.69) is 67.0 Å². The normalized spacial score (nSPS) is 14.4. The fourth-order valence-electron chi connectivity index (χ4n) is 4.95. The van der Waals surface area contributed by atoms with Crippen LogP contribution in [0.1, 0.15) is 155 Å². The number of phosphoric ester groups is 1. The van der Waals surface area contributed by atoms with Crippen molar-refractivity contribution in [2.45, 2.75) is 167 Å². The topological polar surface area (TPSA) is 172 Å². The van der Waals surface area contributed by atoms with Crippen LogP contribution in [-0.2, 0) is 37.5 Å². The minimum atomic E-state index is -4.72. The van der Waals surface area contributed by atoms with Gasteiger partial charge in [0.1, 0.15) is 12.6 Å². The Morgan fingerprint density at radius 1 is 0.615 bits per heavy atom. The fraction of sp³-hybridized carbons (Fsp3) is 0.725. The maximum atomic E-state index is 12.6. The molecule has 3 atom stereocenters. The molecule has 0 aromatic heterocycles. The maximum absolute atomic E-state index is 12.6. The van der Waals surface area contributed by atoms with Gasteiger partial charge in [-0.25, -0.2) is 4.57 Å². The number of esters is 2. The van der Waals surface area contributed by atoms with Gasteiger partial charge in [-0.1, -0.05) is 120 Å². The molecule has 12 heteroatoms. The molecule has 0 heterocycles. The van der Waals surface area contributed by atoms with Crippen LogP contribution in [0, 0.1) is 0 Å². The number of unbranched alkanes of at least 4 members (excludes halogenated alkanes) is 14. The van der Waals surface area contributed by atoms with E-state index < -0.39 is 51.1 Å². The molecule has 300 valence electrons. The Morgan fingerprint density at radius 2 is 1.08 bits per heavy atom. The summed E-state index contributed by atoms with van der Waals surface area (Å²) in [4.78, 5) is 45.8. The number of carbonyl (C=O) groups excluding carboxylic acids is 2. The molecule has 0 spiro atoms. The molecule has 0 bridgehead atoms. The number of phosphoric acid groups is 1. The van der Waals surface area contributed by atoms with Crippen LogP contribution in [0.2, 0.25) is 0 Å². The van der Waals surface area contributed by atoms with Gasteiger partial charge in [-0.3, -0.25) is 23.4 Å². The summed E-state index contributed by atoms with van der Waals surface area (Å²) >= 11 is 0. The Bertz CT molecular complexity index is 1070. The molecule has 0 rings (SSSR count). The monoisotopic (exact) mass is 755 g/mol. The van der Waals surface area contributed by atoms with Crippen LogP contribution >= 0.6 is 7.82 Å². The molecule has 11 nitrogen and oxygen atoms in total. The molecule has 4 N–H and O–H groups in total. The number of nitrogens with two attached hydrogens (primary N) is 1. The standard InChI is InChI=1S/C40H70NO10P/c1-3-5-7-9-11-13-15-17-18-20-21-23-25-27-29-31-38(42)48-33-36(34-49-52(46,47)50-35-37(41)40(44)45)51-39(43)32-30-28-26-24-22-19-16-14-12-10-8-6-4-2/h5,7,11,13-14,16-18,36-37H,3-4,6,8-10,12,15,19-35,41H2,1-2H3,(H,44,45)(H,46,47)/b7-5-,13-11-,16-14-,18-17-/t36-,37+/m1/s1. The molecule has 0 radical (unpaired) electrons. The third kappa shape index (κ3) is 34.5. The third-order valence-electron chi connectivity index (χ3n) is 8.06. The molecular formula is C40H70NO10P. The number of carbonyl (C=O) groups is 3. The van der Waals surface area contributed by atoms with E-state index in [1.54, 1.807) is 0 Å². The van der Waals surface area contributed by atoms with Gasteiger partial charge in [0.25, 0.3) is 0 Å². The summed E-state index contributed by atoms with van der Waals surface area (Å²) in [6, 6.07) is -1.53. The van der Waals surface area contributed by atoms with E-state index in [0.717, 1.165) is 89.9 Å². The van der Waals surface area contributed by atoms with Crippen molar-refractivity contribution in [3.05, 3.63) is 48.6 Å². The second kappa shape index (κ2) is 35.5. The molecule has 0 fully saturated rings. The van der Waals surface area contributed by atoms with E-state index in [-0.39, 0.29) is 19.4 Å². The molecule has 52 heavy (non-hydrogen) atoms. The molecule has 0 saturated carbocycles. The highest BCUT2D eigenvalue weighted by atomic mass is 31.2. The zero-order valence-electron chi connectivity index (χ0n) is 32.1. The van der Waals surface area contributed by atoms with E-state index in [9.17, 15) is 23.8 Å². The van der Waals surface area contributed by atoms with Gasteiger partial charge >= 0.3 is 25.7 Å². The largest absolute Gasteiger partial charge is 0.480 e. The first-order valence-electron chi connectivity index (χ1n) is 19.7. The number of allylic oxidation sites excluding steroid dienone is 8. The Hall–Kier alpha value is -2.56. The fourth-order valence-corrected chi connectivity index (χ4v) is 5.73. The highest BCUT2D eigenvalue weighted by Gasteiger charge is 2.28. The Kier molecular flexibility index (Phi) is 33.7. The number of hydrogen-bond donors (Lipinski definition) is 3. The lowest BCUT2D eigenvalue weighted by molar-refractivity contribution is -0.161. The number of carboxylic acids is 1. The molecule has 0 aliphatic heterocycles. The zero-order chi connectivity index (χ0) is 38.5. The van der Waals surface area contributed by atoms with Crippen molar-refractivity contribution in [2.75, 3.05) is 19.8 Å². The summed E-state index contributed by atoms with van der Waals surface area (Å²) in [6.07, 6.45) is 37.5. The van der Waals surface area contributed by atoms with Crippen molar-refractivity contribution < 1.29 is 47.5 Å². The van der Waals surface area contributed by atoms with Crippen LogP contribution < -0.4 is 5.73 Å². The summed E-state index contributed by atoms with van der Waals surface area (Å²) in [5, 5.41) is 8.86. The van der Waals surface area contributed by atoms with Crippen LogP contribution in [0.4, 0.5) is 0 Å². The predicted molar refractivity (Wildman–Crippen MR) is 208 cm³/mol. The predicted octanol–water partition coefficient (Wildman–Crippen LogP) is 9.83. The number of ether oxygens (including phenoxy) is 2. The molecule has 0 aliphatic rings. The van der Waals surface area contributed by atoms with Gasteiger partial charge in [0.2, 0.25) is 0 Å². The molecule has 0 amide bonds. The van der Waals surface area contributed by atoms with E-state index in [0.29, 0.717) is 12.8 Å². The Balaban J connectivity index is 4.47. The lowest BCUT2D eigenvalue weighted by Gasteiger charge is -2.20. The minimum absolute atomic E-state index is 0.145. The Morgan fingerprint density at radius 3 is 1.63 bits per heavy atom. The summed E-state index contributed by atoms with van der Waals surface area (Å²) in [6.45, 7) is 2.62. The van der Waals surface area contributed by atoms with Crippen molar-refractivity contribution in [3.63, 3.8) is 0 Å². The molecule has 0 saturated heterocycles. The van der Waals surface area contributed by atoms with Gasteiger partial charge in [0, 0.05) is 12.8 Å². The average Bonchev–Trinajstić information content (AvgIpc) is 3.12. The highest BCUT2D eigenvalue weighted by Crippen LogP contribution is 2.43. The van der Waals surface area contributed by atoms with Crippen LogP contribution in [0.25, 0.3) is 0 Å². The van der Waals surface area contributed by atoms with Crippen molar-refractivity contribution in [3.8, 4) is 0 Å². The van der Waals surface area contributed by atoms with Crippen LogP contribution in [0.3, 0.4) is 0 Å². The van der Waals surface area contributed by atoms with Crippen molar-refractivity contribution >= 4 is 25.7 Å². The van der Waals surface area contributed by atoms with Gasteiger partial charge in [0.15, 0.2) is 6.10 Å². The van der Waals surface area contributed by atoms with Gasteiger partial charge in [-0.15, -0.1) is 0 Å². The number of aliphatic carboxylic acids is 1. The molecule has 0 aromatic carbocycles. The molecule has 0 aliphatic carbocycles. The first-order chi connectivity index (χ1) is 25.1. The number of hydrogen-bond acceptors (Lipinski definition) is 9.